The van der Waals surface area contributed by atoms with Crippen LogP contribution in [0.5, 0.6) is 5.75 Å². The second-order valence-electron chi connectivity index (χ2n) is 10.8. The summed E-state index contributed by atoms with van der Waals surface area (Å²) in [5, 5.41) is 22.7. The molecule has 0 aliphatic carbocycles. The van der Waals surface area contributed by atoms with Gasteiger partial charge in [-0.05, 0) is 86.6 Å². The molecule has 6 heteroatoms. The van der Waals surface area contributed by atoms with Gasteiger partial charge in [-0.2, -0.15) is 0 Å². The summed E-state index contributed by atoms with van der Waals surface area (Å²) < 4.78 is 6.12. The van der Waals surface area contributed by atoms with Crippen molar-refractivity contribution in [3.63, 3.8) is 0 Å². The van der Waals surface area contributed by atoms with Gasteiger partial charge in [0.25, 0.3) is 0 Å². The molecule has 37 heavy (non-hydrogen) atoms. The minimum Gasteiger partial charge on any atom is -0.487 e. The number of rotatable bonds is 5. The van der Waals surface area contributed by atoms with Gasteiger partial charge >= 0.3 is 0 Å². The number of benzene rings is 2. The fraction of sp³-hybridized carbons (Fsp3) is 0.387. The van der Waals surface area contributed by atoms with Gasteiger partial charge in [0, 0.05) is 42.0 Å². The number of ether oxygens (including phenoxy) is 1. The van der Waals surface area contributed by atoms with Crippen LogP contribution < -0.4 is 4.74 Å². The van der Waals surface area contributed by atoms with Crippen molar-refractivity contribution < 1.29 is 14.9 Å². The van der Waals surface area contributed by atoms with Gasteiger partial charge in [-0.15, -0.1) is 0 Å². The Balaban J connectivity index is 1.34. The second-order valence-corrected chi connectivity index (χ2v) is 11.2. The molecule has 0 amide bonds. The minimum absolute atomic E-state index is 0.414. The Kier molecular flexibility index (Phi) is 7.16. The Labute approximate surface area is 224 Å². The van der Waals surface area contributed by atoms with Gasteiger partial charge in [0.05, 0.1) is 16.9 Å². The molecule has 0 unspecified atom stereocenters. The molecule has 5 rings (SSSR count). The van der Waals surface area contributed by atoms with Crippen LogP contribution in [0, 0.1) is 6.92 Å². The van der Waals surface area contributed by atoms with Crippen LogP contribution in [0.25, 0.3) is 5.57 Å². The third-order valence-electron chi connectivity index (χ3n) is 7.69. The first-order chi connectivity index (χ1) is 17.6. The van der Waals surface area contributed by atoms with E-state index in [9.17, 15) is 10.2 Å². The fourth-order valence-electron chi connectivity index (χ4n) is 5.32. The highest BCUT2D eigenvalue weighted by atomic mass is 35.5. The molecule has 0 bridgehead atoms. The van der Waals surface area contributed by atoms with Crippen LogP contribution >= 0.6 is 11.6 Å². The molecule has 1 saturated heterocycles. The smallest absolute Gasteiger partial charge is 0.131 e. The molecule has 1 fully saturated rings. The van der Waals surface area contributed by atoms with Gasteiger partial charge in [0.15, 0.2) is 0 Å². The van der Waals surface area contributed by atoms with Crippen LogP contribution in [0.15, 0.2) is 60.8 Å². The zero-order valence-corrected chi connectivity index (χ0v) is 22.6. The van der Waals surface area contributed by atoms with Crippen LogP contribution in [-0.2, 0) is 17.8 Å². The predicted octanol–water partition coefficient (Wildman–Crippen LogP) is 5.97. The number of fused-ring (bicyclic) bond motifs is 2. The highest BCUT2D eigenvalue weighted by Gasteiger charge is 2.34. The lowest BCUT2D eigenvalue weighted by atomic mass is 9.84. The van der Waals surface area contributed by atoms with E-state index in [2.05, 4.69) is 22.0 Å². The predicted molar refractivity (Wildman–Crippen MR) is 148 cm³/mol. The minimum atomic E-state index is -0.947. The lowest BCUT2D eigenvalue weighted by molar-refractivity contribution is -0.0254. The first-order valence-corrected chi connectivity index (χ1v) is 13.4. The monoisotopic (exact) mass is 518 g/mol. The molecule has 2 aromatic carbocycles. The van der Waals surface area contributed by atoms with Crippen molar-refractivity contribution in [2.75, 3.05) is 19.6 Å². The number of aliphatic hydroxyl groups is 2. The van der Waals surface area contributed by atoms with E-state index in [-0.39, 0.29) is 0 Å². The maximum absolute atomic E-state index is 11.3. The Morgan fingerprint density at radius 3 is 2.62 bits per heavy atom. The number of nitrogens with zero attached hydrogens (tertiary/aromatic N) is 2. The summed E-state index contributed by atoms with van der Waals surface area (Å²) in [5.41, 5.74) is 5.11. The maximum Gasteiger partial charge on any atom is 0.131 e. The Hall–Kier alpha value is -2.70. The lowest BCUT2D eigenvalue weighted by Crippen LogP contribution is -2.42. The SMILES string of the molecule is Cc1cc(C2(O)CCN(CC/C=C3/c4cc(C(C)(C)O)ccc4OCc4ncccc43)CC2)ccc1Cl. The van der Waals surface area contributed by atoms with Crippen LogP contribution in [0.1, 0.15) is 66.6 Å². The van der Waals surface area contributed by atoms with Gasteiger partial charge in [-0.3, -0.25) is 4.98 Å². The topological polar surface area (TPSA) is 65.8 Å². The summed E-state index contributed by atoms with van der Waals surface area (Å²) in [5.74, 6) is 0.804. The summed E-state index contributed by atoms with van der Waals surface area (Å²) in [6.07, 6.45) is 6.32. The van der Waals surface area contributed by atoms with Crippen molar-refractivity contribution in [2.24, 2.45) is 0 Å². The Morgan fingerprint density at radius 2 is 1.89 bits per heavy atom. The van der Waals surface area contributed by atoms with E-state index in [1.165, 1.54) is 0 Å². The highest BCUT2D eigenvalue weighted by molar-refractivity contribution is 6.31. The van der Waals surface area contributed by atoms with Crippen molar-refractivity contribution in [3.05, 3.63) is 99.3 Å². The number of likely N-dealkylation sites (tertiary alicyclic amines) is 1. The van der Waals surface area contributed by atoms with Gasteiger partial charge in [0.2, 0.25) is 0 Å². The van der Waals surface area contributed by atoms with Gasteiger partial charge in [-0.25, -0.2) is 0 Å². The van der Waals surface area contributed by atoms with Crippen molar-refractivity contribution >= 4 is 17.2 Å². The third kappa shape index (κ3) is 5.46. The molecule has 2 aliphatic rings. The van der Waals surface area contributed by atoms with E-state index in [0.717, 1.165) is 75.9 Å². The zero-order valence-electron chi connectivity index (χ0n) is 21.8. The normalized spacial score (nSPS) is 18.6. The van der Waals surface area contributed by atoms with Crippen LogP contribution in [-0.4, -0.2) is 39.7 Å². The van der Waals surface area contributed by atoms with Gasteiger partial charge in [0.1, 0.15) is 12.4 Å². The second kappa shape index (κ2) is 10.2. The van der Waals surface area contributed by atoms with E-state index >= 15 is 0 Å². The quantitative estimate of drug-likeness (QED) is 0.435. The number of hydrogen-bond acceptors (Lipinski definition) is 5. The average Bonchev–Trinajstić information content (AvgIpc) is 3.03. The summed E-state index contributed by atoms with van der Waals surface area (Å²) >= 11 is 6.19. The summed E-state index contributed by atoms with van der Waals surface area (Å²) in [4.78, 5) is 6.99. The number of aryl methyl sites for hydroxylation is 1. The summed E-state index contributed by atoms with van der Waals surface area (Å²) in [6.45, 7) is 8.56. The molecule has 3 aromatic rings. The fourth-order valence-corrected chi connectivity index (χ4v) is 5.43. The van der Waals surface area contributed by atoms with Gasteiger partial charge in [-0.1, -0.05) is 41.9 Å². The lowest BCUT2D eigenvalue weighted by Gasteiger charge is -2.38. The van der Waals surface area contributed by atoms with Crippen molar-refractivity contribution in [1.82, 2.24) is 9.88 Å². The standard InChI is InChI=1S/C31H35ClN2O3/c1-21-18-23(8-10-27(21)32)31(36)12-16-34(17-13-31)15-5-7-24-25-6-4-14-33-28(25)20-37-29-11-9-22(19-26(24)29)30(2,3)35/h4,6-11,14,18-19,35-36H,5,12-13,15-17,20H2,1-3H3/b24-7+. The molecule has 3 heterocycles. The molecule has 0 spiro atoms. The molecule has 2 aliphatic heterocycles. The average molecular weight is 519 g/mol. The molecule has 0 atom stereocenters. The molecule has 1 aromatic heterocycles. The largest absolute Gasteiger partial charge is 0.487 e. The van der Waals surface area contributed by atoms with E-state index in [1.54, 1.807) is 20.0 Å². The number of aromatic nitrogens is 1. The number of hydrogen-bond donors (Lipinski definition) is 2. The van der Waals surface area contributed by atoms with Crippen LogP contribution in [0.3, 0.4) is 0 Å². The number of halogens is 1. The Morgan fingerprint density at radius 1 is 1.11 bits per heavy atom. The molecule has 0 radical (unpaired) electrons. The Bertz CT molecular complexity index is 1320. The van der Waals surface area contributed by atoms with E-state index in [4.69, 9.17) is 16.3 Å². The van der Waals surface area contributed by atoms with Crippen LogP contribution in [0.4, 0.5) is 0 Å². The molecular weight excluding hydrogens is 484 g/mol. The first-order valence-electron chi connectivity index (χ1n) is 13.0. The van der Waals surface area contributed by atoms with Crippen molar-refractivity contribution in [1.29, 1.82) is 0 Å². The third-order valence-corrected chi connectivity index (χ3v) is 8.12. The maximum atomic E-state index is 11.3. The highest BCUT2D eigenvalue weighted by Crippen LogP contribution is 2.39. The van der Waals surface area contributed by atoms with E-state index in [1.807, 2.05) is 49.4 Å². The van der Waals surface area contributed by atoms with E-state index in [0.29, 0.717) is 19.4 Å². The number of piperidine rings is 1. The van der Waals surface area contributed by atoms with Crippen molar-refractivity contribution in [3.8, 4) is 5.75 Å². The summed E-state index contributed by atoms with van der Waals surface area (Å²) in [7, 11) is 0. The molecule has 5 nitrogen and oxygen atoms in total. The first kappa shape index (κ1) is 25.9. The van der Waals surface area contributed by atoms with Crippen LogP contribution in [0.2, 0.25) is 5.02 Å². The number of pyridine rings is 1. The molecule has 194 valence electrons. The zero-order chi connectivity index (χ0) is 26.2. The summed E-state index contributed by atoms with van der Waals surface area (Å²) in [6, 6.07) is 15.8. The molecule has 2 N–H and O–H groups in total. The van der Waals surface area contributed by atoms with Crippen molar-refractivity contribution in [2.45, 2.75) is 57.8 Å². The van der Waals surface area contributed by atoms with Gasteiger partial charge < -0.3 is 19.8 Å². The molecule has 0 saturated carbocycles. The van der Waals surface area contributed by atoms with E-state index < -0.39 is 11.2 Å². The molecular formula is C31H35ClN2O3.